The number of rotatable bonds is 6. The van der Waals surface area contributed by atoms with Crippen LogP contribution in [0.15, 0.2) is 24.4 Å². The first-order valence-corrected chi connectivity index (χ1v) is 9.44. The van der Waals surface area contributed by atoms with Crippen LogP contribution in [0.4, 0.5) is 10.5 Å². The van der Waals surface area contributed by atoms with Gasteiger partial charge in [-0.15, -0.1) is 5.10 Å². The van der Waals surface area contributed by atoms with Crippen LogP contribution in [0, 0.1) is 10.1 Å². The van der Waals surface area contributed by atoms with Gasteiger partial charge in [-0.25, -0.2) is 4.79 Å². The second-order valence-electron chi connectivity index (χ2n) is 8.06. The van der Waals surface area contributed by atoms with Gasteiger partial charge in [-0.05, 0) is 32.4 Å². The number of nitrogens with zero attached hydrogens (tertiary/aromatic N) is 4. The molecule has 0 radical (unpaired) electrons. The number of nitro benzene ring substituents is 1. The summed E-state index contributed by atoms with van der Waals surface area (Å²) in [5.41, 5.74) is 1.02. The van der Waals surface area contributed by atoms with Gasteiger partial charge in [0.25, 0.3) is 5.69 Å². The lowest BCUT2D eigenvalue weighted by Gasteiger charge is -2.24. The van der Waals surface area contributed by atoms with Crippen LogP contribution in [0.25, 0.3) is 11.3 Å². The quantitative estimate of drug-likeness (QED) is 0.557. The first kappa shape index (κ1) is 21.7. The van der Waals surface area contributed by atoms with E-state index in [4.69, 9.17) is 14.2 Å². The highest BCUT2D eigenvalue weighted by molar-refractivity contribution is 5.68. The van der Waals surface area contributed by atoms with Crippen LogP contribution in [-0.4, -0.2) is 57.0 Å². The zero-order valence-electron chi connectivity index (χ0n) is 17.3. The number of hydrogen-bond donors (Lipinski definition) is 1. The van der Waals surface area contributed by atoms with Crippen molar-refractivity contribution in [3.05, 3.63) is 40.1 Å². The van der Waals surface area contributed by atoms with Crippen molar-refractivity contribution < 1.29 is 23.9 Å². The number of amides is 1. The molecule has 0 bridgehead atoms. The Hall–Kier alpha value is -3.05. The van der Waals surface area contributed by atoms with Crippen molar-refractivity contribution in [1.82, 2.24) is 20.3 Å². The van der Waals surface area contributed by atoms with Crippen LogP contribution in [0.5, 0.6) is 0 Å². The van der Waals surface area contributed by atoms with E-state index >= 15 is 0 Å². The molecule has 1 saturated heterocycles. The Kier molecular flexibility index (Phi) is 6.32. The SMILES string of the molecule is Cn1cc(-c2cc(CO[C@@H]3COC[C@H]3NC(=O)OC(C)(C)C)cc([N+](=O)[O-])c2)nn1. The van der Waals surface area contributed by atoms with E-state index in [-0.39, 0.29) is 18.3 Å². The van der Waals surface area contributed by atoms with Gasteiger partial charge in [0.05, 0.1) is 37.0 Å². The summed E-state index contributed by atoms with van der Waals surface area (Å²) in [6, 6.07) is 4.28. The Bertz CT molecular complexity index is 922. The Morgan fingerprint density at radius 2 is 2.13 bits per heavy atom. The molecule has 2 heterocycles. The summed E-state index contributed by atoms with van der Waals surface area (Å²) in [6.45, 7) is 6.04. The first-order valence-electron chi connectivity index (χ1n) is 9.44. The van der Waals surface area contributed by atoms with Gasteiger partial charge in [0.2, 0.25) is 0 Å². The van der Waals surface area contributed by atoms with Gasteiger partial charge in [0.15, 0.2) is 0 Å². The molecule has 1 aliphatic rings. The lowest BCUT2D eigenvalue weighted by molar-refractivity contribution is -0.384. The van der Waals surface area contributed by atoms with E-state index in [1.165, 1.54) is 16.8 Å². The topological polar surface area (TPSA) is 131 Å². The number of ether oxygens (including phenoxy) is 3. The fourth-order valence-corrected chi connectivity index (χ4v) is 2.99. The molecule has 1 aromatic carbocycles. The number of benzene rings is 1. The molecule has 1 fully saturated rings. The van der Waals surface area contributed by atoms with E-state index in [2.05, 4.69) is 15.6 Å². The van der Waals surface area contributed by atoms with E-state index < -0.39 is 22.7 Å². The van der Waals surface area contributed by atoms with Gasteiger partial charge in [-0.2, -0.15) is 0 Å². The largest absolute Gasteiger partial charge is 0.444 e. The van der Waals surface area contributed by atoms with Crippen molar-refractivity contribution in [3.63, 3.8) is 0 Å². The van der Waals surface area contributed by atoms with E-state index in [1.54, 1.807) is 40.1 Å². The smallest absolute Gasteiger partial charge is 0.408 e. The summed E-state index contributed by atoms with van der Waals surface area (Å²) in [5, 5.41) is 22.0. The minimum Gasteiger partial charge on any atom is -0.444 e. The Labute approximate surface area is 173 Å². The molecule has 2 aromatic rings. The van der Waals surface area contributed by atoms with E-state index in [9.17, 15) is 14.9 Å². The molecule has 30 heavy (non-hydrogen) atoms. The average molecular weight is 419 g/mol. The van der Waals surface area contributed by atoms with Gasteiger partial charge >= 0.3 is 6.09 Å². The highest BCUT2D eigenvalue weighted by atomic mass is 16.6. The average Bonchev–Trinajstić information content (AvgIpc) is 3.27. The minimum atomic E-state index is -0.612. The molecule has 2 atom stereocenters. The number of carbonyl (C=O) groups excluding carboxylic acids is 1. The molecule has 1 aliphatic heterocycles. The van der Waals surface area contributed by atoms with Crippen LogP contribution in [0.1, 0.15) is 26.3 Å². The molecule has 11 heteroatoms. The zero-order chi connectivity index (χ0) is 21.9. The molecule has 3 rings (SSSR count). The molecule has 0 aliphatic carbocycles. The van der Waals surface area contributed by atoms with Gasteiger partial charge < -0.3 is 19.5 Å². The third-order valence-corrected chi connectivity index (χ3v) is 4.28. The molecule has 162 valence electrons. The lowest BCUT2D eigenvalue weighted by atomic mass is 10.1. The number of carbonyl (C=O) groups is 1. The standard InChI is InChI=1S/C19H25N5O6/c1-19(2,3)30-18(25)20-16-10-28-11-17(16)29-9-12-5-13(7-14(6-12)24(26)27)15-8-23(4)22-21-15/h5-8,16-17H,9-11H2,1-4H3,(H,20,25)/t16-,17-/m1/s1. The van der Waals surface area contributed by atoms with Crippen molar-refractivity contribution in [1.29, 1.82) is 0 Å². The second kappa shape index (κ2) is 8.76. The number of aryl methyl sites for hydroxylation is 1. The van der Waals surface area contributed by atoms with E-state index in [0.717, 1.165) is 0 Å². The Balaban J connectivity index is 1.69. The summed E-state index contributed by atoms with van der Waals surface area (Å²) >= 11 is 0. The molecular weight excluding hydrogens is 394 g/mol. The fraction of sp³-hybridized carbons (Fsp3) is 0.526. The van der Waals surface area contributed by atoms with Crippen molar-refractivity contribution >= 4 is 11.8 Å². The van der Waals surface area contributed by atoms with Crippen LogP contribution >= 0.6 is 0 Å². The molecule has 0 saturated carbocycles. The number of nitro groups is 1. The van der Waals surface area contributed by atoms with Crippen LogP contribution in [0.2, 0.25) is 0 Å². The number of nitrogens with one attached hydrogen (secondary N) is 1. The lowest BCUT2D eigenvalue weighted by Crippen LogP contribution is -2.45. The van der Waals surface area contributed by atoms with Crippen molar-refractivity contribution in [3.8, 4) is 11.3 Å². The Morgan fingerprint density at radius 3 is 2.77 bits per heavy atom. The van der Waals surface area contributed by atoms with E-state index in [0.29, 0.717) is 30.0 Å². The number of aromatic nitrogens is 3. The normalized spacial score (nSPS) is 18.9. The summed E-state index contributed by atoms with van der Waals surface area (Å²) in [7, 11) is 1.72. The van der Waals surface area contributed by atoms with Gasteiger partial charge in [-0.3, -0.25) is 14.8 Å². The Morgan fingerprint density at radius 1 is 1.37 bits per heavy atom. The molecular formula is C19H25N5O6. The van der Waals surface area contributed by atoms with E-state index in [1.807, 2.05) is 0 Å². The maximum atomic E-state index is 12.0. The maximum Gasteiger partial charge on any atom is 0.408 e. The minimum absolute atomic E-state index is 0.0668. The van der Waals surface area contributed by atoms with Crippen molar-refractivity contribution in [2.75, 3.05) is 13.2 Å². The predicted octanol–water partition coefficient (Wildman–Crippen LogP) is 2.20. The first-order chi connectivity index (χ1) is 14.1. The fourth-order valence-electron chi connectivity index (χ4n) is 2.99. The highest BCUT2D eigenvalue weighted by Gasteiger charge is 2.32. The maximum absolute atomic E-state index is 12.0. The van der Waals surface area contributed by atoms with Crippen molar-refractivity contribution in [2.24, 2.45) is 7.05 Å². The number of alkyl carbamates (subject to hydrolysis) is 1. The van der Waals surface area contributed by atoms with Gasteiger partial charge in [0.1, 0.15) is 17.4 Å². The van der Waals surface area contributed by atoms with Crippen LogP contribution < -0.4 is 5.32 Å². The molecule has 0 spiro atoms. The molecule has 1 N–H and O–H groups in total. The van der Waals surface area contributed by atoms with Crippen LogP contribution in [-0.2, 0) is 27.9 Å². The molecule has 1 amide bonds. The summed E-state index contributed by atoms with van der Waals surface area (Å²) in [5.74, 6) is 0. The number of hydrogen-bond acceptors (Lipinski definition) is 8. The third-order valence-electron chi connectivity index (χ3n) is 4.28. The highest BCUT2D eigenvalue weighted by Crippen LogP contribution is 2.25. The summed E-state index contributed by atoms with van der Waals surface area (Å²) in [6.07, 6.45) is 0.721. The third kappa shape index (κ3) is 5.74. The predicted molar refractivity (Wildman–Crippen MR) is 106 cm³/mol. The number of non-ortho nitro benzene ring substituents is 1. The molecule has 11 nitrogen and oxygen atoms in total. The van der Waals surface area contributed by atoms with Crippen LogP contribution in [0.3, 0.4) is 0 Å². The molecule has 0 unspecified atom stereocenters. The van der Waals surface area contributed by atoms with Gasteiger partial charge in [0, 0.05) is 24.7 Å². The second-order valence-corrected chi connectivity index (χ2v) is 8.06. The van der Waals surface area contributed by atoms with Crippen molar-refractivity contribution in [2.45, 2.75) is 45.1 Å². The summed E-state index contributed by atoms with van der Waals surface area (Å²) < 4.78 is 18.1. The van der Waals surface area contributed by atoms with Gasteiger partial charge in [-0.1, -0.05) is 5.21 Å². The monoisotopic (exact) mass is 419 g/mol. The molecule has 1 aromatic heterocycles. The summed E-state index contributed by atoms with van der Waals surface area (Å²) in [4.78, 5) is 22.9. The zero-order valence-corrected chi connectivity index (χ0v) is 17.3.